The average molecular weight is 373 g/mol. The van der Waals surface area contributed by atoms with E-state index in [0.717, 1.165) is 6.42 Å². The second kappa shape index (κ2) is 10.7. The summed E-state index contributed by atoms with van der Waals surface area (Å²) in [7, 11) is 0. The fourth-order valence-electron chi connectivity index (χ4n) is 2.39. The highest BCUT2D eigenvalue weighted by molar-refractivity contribution is 14.1. The highest BCUT2D eigenvalue weighted by Gasteiger charge is 2.04. The maximum atomic E-state index is 6.20. The summed E-state index contributed by atoms with van der Waals surface area (Å²) in [5.41, 5.74) is 7.58. The summed E-state index contributed by atoms with van der Waals surface area (Å²) < 4.78 is 1.29. The first-order chi connectivity index (χ1) is 9.22. The molecule has 0 aromatic heterocycles. The summed E-state index contributed by atoms with van der Waals surface area (Å²) in [4.78, 5) is 0. The molecule has 0 aliphatic heterocycles. The molecular weight excluding hydrogens is 345 g/mol. The molecule has 0 saturated heterocycles. The van der Waals surface area contributed by atoms with Gasteiger partial charge in [-0.2, -0.15) is 0 Å². The third-order valence-electron chi connectivity index (χ3n) is 3.59. The number of benzene rings is 1. The quantitative estimate of drug-likeness (QED) is 0.437. The minimum Gasteiger partial charge on any atom is -0.327 e. The Morgan fingerprint density at radius 2 is 1.53 bits per heavy atom. The summed E-state index contributed by atoms with van der Waals surface area (Å²) >= 11 is 2.34. The van der Waals surface area contributed by atoms with Gasteiger partial charge in [0.1, 0.15) is 0 Å². The number of hydrogen-bond acceptors (Lipinski definition) is 1. The zero-order chi connectivity index (χ0) is 13.9. The second-order valence-corrected chi connectivity index (χ2v) is 6.75. The lowest BCUT2D eigenvalue weighted by Gasteiger charge is -2.11. The summed E-state index contributed by atoms with van der Waals surface area (Å²) in [5.74, 6) is 0. The lowest BCUT2D eigenvalue weighted by molar-refractivity contribution is 0.528. The SMILES string of the molecule is CCCCCCCCCC(N)Cc1ccc(I)cc1. The molecule has 1 rings (SSSR count). The van der Waals surface area contributed by atoms with E-state index < -0.39 is 0 Å². The Hall–Kier alpha value is -0.0900. The van der Waals surface area contributed by atoms with Gasteiger partial charge in [0.05, 0.1) is 0 Å². The maximum absolute atomic E-state index is 6.20. The Morgan fingerprint density at radius 1 is 0.947 bits per heavy atom. The van der Waals surface area contributed by atoms with Gasteiger partial charge in [0, 0.05) is 9.61 Å². The number of unbranched alkanes of at least 4 members (excludes halogenated alkanes) is 6. The first-order valence-electron chi connectivity index (χ1n) is 7.72. The molecule has 0 amide bonds. The van der Waals surface area contributed by atoms with Crippen LogP contribution in [0.2, 0.25) is 0 Å². The zero-order valence-corrected chi connectivity index (χ0v) is 14.4. The number of halogens is 1. The van der Waals surface area contributed by atoms with Crippen molar-refractivity contribution in [1.29, 1.82) is 0 Å². The van der Waals surface area contributed by atoms with Gasteiger partial charge in [0.15, 0.2) is 0 Å². The molecule has 1 unspecified atom stereocenters. The predicted molar refractivity (Wildman–Crippen MR) is 93.4 cm³/mol. The van der Waals surface area contributed by atoms with Crippen LogP contribution in [0.4, 0.5) is 0 Å². The molecule has 0 heterocycles. The van der Waals surface area contributed by atoms with Crippen molar-refractivity contribution in [2.45, 2.75) is 70.8 Å². The standard InChI is InChI=1S/C17H28IN/c1-2-3-4-5-6-7-8-9-17(19)14-15-10-12-16(18)13-11-15/h10-13,17H,2-9,14,19H2,1H3. The van der Waals surface area contributed by atoms with Crippen molar-refractivity contribution in [1.82, 2.24) is 0 Å². The predicted octanol–water partition coefficient (Wildman–Crippen LogP) is 5.30. The van der Waals surface area contributed by atoms with E-state index in [1.807, 2.05) is 0 Å². The molecule has 0 fully saturated rings. The molecule has 0 spiro atoms. The van der Waals surface area contributed by atoms with Crippen LogP contribution in [0.3, 0.4) is 0 Å². The van der Waals surface area contributed by atoms with Gasteiger partial charge >= 0.3 is 0 Å². The minimum atomic E-state index is 0.329. The first-order valence-corrected chi connectivity index (χ1v) is 8.80. The third kappa shape index (κ3) is 8.64. The van der Waals surface area contributed by atoms with E-state index in [1.165, 1.54) is 60.5 Å². The Labute approximate surface area is 132 Å². The van der Waals surface area contributed by atoms with Crippen LogP contribution in [-0.2, 0) is 6.42 Å². The smallest absolute Gasteiger partial charge is 0.0130 e. The molecule has 0 bridgehead atoms. The normalized spacial score (nSPS) is 12.6. The van der Waals surface area contributed by atoms with Gasteiger partial charge in [-0.3, -0.25) is 0 Å². The molecule has 0 radical (unpaired) electrons. The molecule has 0 aliphatic rings. The Bertz CT molecular complexity index is 321. The van der Waals surface area contributed by atoms with E-state index in [0.29, 0.717) is 6.04 Å². The monoisotopic (exact) mass is 373 g/mol. The van der Waals surface area contributed by atoms with Crippen LogP contribution >= 0.6 is 22.6 Å². The summed E-state index contributed by atoms with van der Waals surface area (Å²) in [6.07, 6.45) is 11.8. The molecule has 1 nitrogen and oxygen atoms in total. The van der Waals surface area contributed by atoms with Crippen LogP contribution in [0, 0.1) is 3.57 Å². The molecule has 2 heteroatoms. The maximum Gasteiger partial charge on any atom is 0.0130 e. The highest BCUT2D eigenvalue weighted by Crippen LogP contribution is 2.12. The van der Waals surface area contributed by atoms with Crippen molar-refractivity contribution in [3.05, 3.63) is 33.4 Å². The molecule has 1 aromatic rings. The van der Waals surface area contributed by atoms with E-state index in [1.54, 1.807) is 0 Å². The van der Waals surface area contributed by atoms with E-state index in [9.17, 15) is 0 Å². The van der Waals surface area contributed by atoms with Crippen molar-refractivity contribution < 1.29 is 0 Å². The molecule has 1 aromatic carbocycles. The van der Waals surface area contributed by atoms with E-state index >= 15 is 0 Å². The number of nitrogens with two attached hydrogens (primary N) is 1. The van der Waals surface area contributed by atoms with E-state index in [-0.39, 0.29) is 0 Å². The van der Waals surface area contributed by atoms with Gasteiger partial charge in [-0.25, -0.2) is 0 Å². The van der Waals surface area contributed by atoms with Crippen molar-refractivity contribution in [2.24, 2.45) is 5.73 Å². The van der Waals surface area contributed by atoms with Gasteiger partial charge < -0.3 is 5.73 Å². The van der Waals surface area contributed by atoms with E-state index in [2.05, 4.69) is 53.8 Å². The molecule has 19 heavy (non-hydrogen) atoms. The molecule has 2 N–H and O–H groups in total. The second-order valence-electron chi connectivity index (χ2n) is 5.50. The first kappa shape index (κ1) is 17.0. The van der Waals surface area contributed by atoms with Crippen molar-refractivity contribution >= 4 is 22.6 Å². The Kier molecular flexibility index (Phi) is 9.52. The topological polar surface area (TPSA) is 26.0 Å². The fraction of sp³-hybridized carbons (Fsp3) is 0.647. The average Bonchev–Trinajstić information content (AvgIpc) is 2.40. The van der Waals surface area contributed by atoms with Gasteiger partial charge in [-0.05, 0) is 53.1 Å². The lowest BCUT2D eigenvalue weighted by Crippen LogP contribution is -2.22. The lowest BCUT2D eigenvalue weighted by atomic mass is 10.0. The Morgan fingerprint density at radius 3 is 2.16 bits per heavy atom. The van der Waals surface area contributed by atoms with Crippen LogP contribution < -0.4 is 5.73 Å². The van der Waals surface area contributed by atoms with Crippen LogP contribution in [0.1, 0.15) is 63.9 Å². The van der Waals surface area contributed by atoms with Crippen LogP contribution in [0.15, 0.2) is 24.3 Å². The molecule has 0 aliphatic carbocycles. The van der Waals surface area contributed by atoms with Gasteiger partial charge in [-0.15, -0.1) is 0 Å². The molecule has 108 valence electrons. The van der Waals surface area contributed by atoms with Gasteiger partial charge in [0.25, 0.3) is 0 Å². The Balaban J connectivity index is 2.04. The largest absolute Gasteiger partial charge is 0.327 e. The summed E-state index contributed by atoms with van der Waals surface area (Å²) in [5, 5.41) is 0. The zero-order valence-electron chi connectivity index (χ0n) is 12.2. The molecule has 1 atom stereocenters. The number of hydrogen-bond donors (Lipinski definition) is 1. The summed E-state index contributed by atoms with van der Waals surface area (Å²) in [6, 6.07) is 9.06. The van der Waals surface area contributed by atoms with Crippen molar-refractivity contribution in [2.75, 3.05) is 0 Å². The molecular formula is C17H28IN. The fourth-order valence-corrected chi connectivity index (χ4v) is 2.75. The minimum absolute atomic E-state index is 0.329. The molecule has 0 saturated carbocycles. The third-order valence-corrected chi connectivity index (χ3v) is 4.31. The summed E-state index contributed by atoms with van der Waals surface area (Å²) in [6.45, 7) is 2.27. The highest BCUT2D eigenvalue weighted by atomic mass is 127. The van der Waals surface area contributed by atoms with Crippen LogP contribution in [0.5, 0.6) is 0 Å². The van der Waals surface area contributed by atoms with Crippen LogP contribution in [-0.4, -0.2) is 6.04 Å². The van der Waals surface area contributed by atoms with Crippen molar-refractivity contribution in [3.8, 4) is 0 Å². The van der Waals surface area contributed by atoms with E-state index in [4.69, 9.17) is 5.73 Å². The van der Waals surface area contributed by atoms with Gasteiger partial charge in [-0.1, -0.05) is 64.0 Å². The number of rotatable bonds is 10. The van der Waals surface area contributed by atoms with Gasteiger partial charge in [0.2, 0.25) is 0 Å². The van der Waals surface area contributed by atoms with Crippen LogP contribution in [0.25, 0.3) is 0 Å². The van der Waals surface area contributed by atoms with Crippen molar-refractivity contribution in [3.63, 3.8) is 0 Å².